The van der Waals surface area contributed by atoms with Crippen molar-refractivity contribution in [2.24, 2.45) is 0 Å². The zero-order chi connectivity index (χ0) is 24.5. The highest BCUT2D eigenvalue weighted by molar-refractivity contribution is 5.94. The summed E-state index contributed by atoms with van der Waals surface area (Å²) in [7, 11) is 7.23. The van der Waals surface area contributed by atoms with Crippen molar-refractivity contribution in [3.8, 4) is 23.0 Å². The van der Waals surface area contributed by atoms with Gasteiger partial charge in [0.15, 0.2) is 11.5 Å². The molecule has 0 aliphatic heterocycles. The molecule has 0 saturated heterocycles. The molecule has 0 amide bonds. The quantitative estimate of drug-likeness (QED) is 0.397. The maximum Gasteiger partial charge on any atom is 0.341 e. The minimum Gasteiger partial charge on any atom is -0.496 e. The van der Waals surface area contributed by atoms with Crippen LogP contribution in [-0.2, 0) is 14.3 Å². The topological polar surface area (TPSA) is 102 Å². The van der Waals surface area contributed by atoms with Crippen molar-refractivity contribution >= 4 is 17.6 Å². The summed E-state index contributed by atoms with van der Waals surface area (Å²) in [5.74, 6) is 0.428. The third-order valence-electron chi connectivity index (χ3n) is 4.82. The SMILES string of the molecule is C=C(C(=O)OCC)[C@@H](Nc1cc(OC)c(OC)c(OC)c1)c1ccc(OC)c(C(=O)OC)c1. The number of methoxy groups -OCH3 is 5. The molecule has 2 aromatic carbocycles. The monoisotopic (exact) mass is 459 g/mol. The fraction of sp³-hybridized carbons (Fsp3) is 0.333. The second-order valence-corrected chi connectivity index (χ2v) is 6.69. The first-order valence-electron chi connectivity index (χ1n) is 10.0. The van der Waals surface area contributed by atoms with Crippen LogP contribution in [0.3, 0.4) is 0 Å². The molecule has 2 rings (SSSR count). The first-order chi connectivity index (χ1) is 15.8. The van der Waals surface area contributed by atoms with Crippen LogP contribution in [0.15, 0.2) is 42.5 Å². The molecule has 9 heteroatoms. The van der Waals surface area contributed by atoms with E-state index in [1.54, 1.807) is 37.3 Å². The van der Waals surface area contributed by atoms with Gasteiger partial charge in [-0.15, -0.1) is 0 Å². The number of hydrogen-bond donors (Lipinski definition) is 1. The lowest BCUT2D eigenvalue weighted by atomic mass is 9.97. The largest absolute Gasteiger partial charge is 0.496 e. The number of esters is 2. The highest BCUT2D eigenvalue weighted by Gasteiger charge is 2.26. The van der Waals surface area contributed by atoms with Crippen molar-refractivity contribution in [2.45, 2.75) is 13.0 Å². The van der Waals surface area contributed by atoms with Gasteiger partial charge in [0.2, 0.25) is 5.75 Å². The summed E-state index contributed by atoms with van der Waals surface area (Å²) in [5.41, 5.74) is 1.44. The fourth-order valence-corrected chi connectivity index (χ4v) is 3.22. The van der Waals surface area contributed by atoms with Crippen LogP contribution in [-0.4, -0.2) is 54.1 Å². The maximum atomic E-state index is 12.5. The molecule has 0 heterocycles. The van der Waals surface area contributed by atoms with Crippen LogP contribution in [0.4, 0.5) is 5.69 Å². The van der Waals surface area contributed by atoms with E-state index in [0.717, 1.165) is 0 Å². The molecule has 0 aromatic heterocycles. The predicted molar refractivity (Wildman–Crippen MR) is 123 cm³/mol. The van der Waals surface area contributed by atoms with Gasteiger partial charge in [-0.1, -0.05) is 12.6 Å². The lowest BCUT2D eigenvalue weighted by Crippen LogP contribution is -2.21. The van der Waals surface area contributed by atoms with E-state index in [2.05, 4.69) is 11.9 Å². The molecule has 2 aromatic rings. The predicted octanol–water partition coefficient (Wildman–Crippen LogP) is 3.78. The van der Waals surface area contributed by atoms with Crippen molar-refractivity contribution in [1.29, 1.82) is 0 Å². The number of rotatable bonds is 11. The standard InChI is InChI=1S/C24H29NO8/c1-8-33-23(26)14(2)21(15-9-10-18(28-3)17(11-15)24(27)32-7)25-16-12-19(29-4)22(31-6)20(13-16)30-5/h9-13,21,25H,2,8H2,1,3-7H3/t21-/m1/s1. The molecule has 9 nitrogen and oxygen atoms in total. The van der Waals surface area contributed by atoms with Gasteiger partial charge in [0.25, 0.3) is 0 Å². The Hall–Kier alpha value is -3.88. The van der Waals surface area contributed by atoms with Gasteiger partial charge in [-0.2, -0.15) is 0 Å². The summed E-state index contributed by atoms with van der Waals surface area (Å²) in [4.78, 5) is 24.8. The molecule has 1 atom stereocenters. The third kappa shape index (κ3) is 5.68. The molecule has 0 aliphatic carbocycles. The van der Waals surface area contributed by atoms with E-state index in [4.69, 9.17) is 28.4 Å². The van der Waals surface area contributed by atoms with Crippen molar-refractivity contribution in [1.82, 2.24) is 0 Å². The van der Waals surface area contributed by atoms with Crippen molar-refractivity contribution in [2.75, 3.05) is 47.5 Å². The lowest BCUT2D eigenvalue weighted by Gasteiger charge is -2.24. The molecule has 0 fully saturated rings. The van der Waals surface area contributed by atoms with Gasteiger partial charge >= 0.3 is 11.9 Å². The molecule has 33 heavy (non-hydrogen) atoms. The maximum absolute atomic E-state index is 12.5. The first-order valence-corrected chi connectivity index (χ1v) is 10.0. The molecule has 0 saturated carbocycles. The lowest BCUT2D eigenvalue weighted by molar-refractivity contribution is -0.138. The molecule has 178 valence electrons. The van der Waals surface area contributed by atoms with E-state index in [-0.39, 0.29) is 17.7 Å². The van der Waals surface area contributed by atoms with E-state index in [1.165, 1.54) is 35.5 Å². The fourth-order valence-electron chi connectivity index (χ4n) is 3.22. The van der Waals surface area contributed by atoms with Crippen LogP contribution >= 0.6 is 0 Å². The van der Waals surface area contributed by atoms with Gasteiger partial charge in [0.1, 0.15) is 11.3 Å². The van der Waals surface area contributed by atoms with Crippen LogP contribution in [0.1, 0.15) is 28.9 Å². The highest BCUT2D eigenvalue weighted by atomic mass is 16.5. The minimum absolute atomic E-state index is 0.131. The average molecular weight is 459 g/mol. The van der Waals surface area contributed by atoms with Crippen LogP contribution < -0.4 is 24.3 Å². The summed E-state index contributed by atoms with van der Waals surface area (Å²) in [5, 5.41) is 3.25. The molecular formula is C24H29NO8. The Balaban J connectivity index is 2.61. The summed E-state index contributed by atoms with van der Waals surface area (Å²) in [6.45, 7) is 5.82. The van der Waals surface area contributed by atoms with E-state index in [0.29, 0.717) is 34.2 Å². The summed E-state index contributed by atoms with van der Waals surface area (Å²) >= 11 is 0. The molecule has 0 radical (unpaired) electrons. The zero-order valence-electron chi connectivity index (χ0n) is 19.6. The molecule has 0 aliphatic rings. The van der Waals surface area contributed by atoms with E-state index in [9.17, 15) is 9.59 Å². The van der Waals surface area contributed by atoms with E-state index < -0.39 is 18.0 Å². The second kappa shape index (κ2) is 11.7. The Kier molecular flexibility index (Phi) is 8.97. The highest BCUT2D eigenvalue weighted by Crippen LogP contribution is 2.41. The zero-order valence-corrected chi connectivity index (χ0v) is 19.6. The number of benzene rings is 2. The van der Waals surface area contributed by atoms with Crippen molar-refractivity contribution in [3.63, 3.8) is 0 Å². The molecule has 0 spiro atoms. The van der Waals surface area contributed by atoms with Gasteiger partial charge in [-0.3, -0.25) is 0 Å². The van der Waals surface area contributed by atoms with Crippen LogP contribution in [0.5, 0.6) is 23.0 Å². The number of ether oxygens (including phenoxy) is 6. The Labute approximate surface area is 193 Å². The molecule has 0 unspecified atom stereocenters. The summed E-state index contributed by atoms with van der Waals surface area (Å²) < 4.78 is 31.5. The van der Waals surface area contributed by atoms with Gasteiger partial charge in [-0.05, 0) is 24.6 Å². The van der Waals surface area contributed by atoms with Crippen LogP contribution in [0.25, 0.3) is 0 Å². The summed E-state index contributed by atoms with van der Waals surface area (Å²) in [6.07, 6.45) is 0. The number of carbonyl (C=O) groups is 2. The molecule has 1 N–H and O–H groups in total. The Bertz CT molecular complexity index is 993. The third-order valence-corrected chi connectivity index (χ3v) is 4.82. The number of nitrogens with one attached hydrogen (secondary N) is 1. The van der Waals surface area contributed by atoms with Gasteiger partial charge in [-0.25, -0.2) is 9.59 Å². The Morgan fingerprint density at radius 2 is 1.52 bits per heavy atom. The van der Waals surface area contributed by atoms with Gasteiger partial charge in [0, 0.05) is 17.8 Å². The van der Waals surface area contributed by atoms with E-state index >= 15 is 0 Å². The molecule has 0 bridgehead atoms. The Morgan fingerprint density at radius 3 is 2.00 bits per heavy atom. The minimum atomic E-state index is -0.763. The van der Waals surface area contributed by atoms with Crippen LogP contribution in [0.2, 0.25) is 0 Å². The average Bonchev–Trinajstić information content (AvgIpc) is 2.85. The Morgan fingerprint density at radius 1 is 0.909 bits per heavy atom. The summed E-state index contributed by atoms with van der Waals surface area (Å²) in [6, 6.07) is 7.52. The van der Waals surface area contributed by atoms with Gasteiger partial charge < -0.3 is 33.7 Å². The van der Waals surface area contributed by atoms with Crippen molar-refractivity contribution in [3.05, 3.63) is 53.6 Å². The van der Waals surface area contributed by atoms with Crippen LogP contribution in [0, 0.1) is 0 Å². The number of hydrogen-bond acceptors (Lipinski definition) is 9. The smallest absolute Gasteiger partial charge is 0.341 e. The molecular weight excluding hydrogens is 430 g/mol. The normalized spacial score (nSPS) is 11.1. The number of carbonyl (C=O) groups excluding carboxylic acids is 2. The van der Waals surface area contributed by atoms with E-state index in [1.807, 2.05) is 0 Å². The van der Waals surface area contributed by atoms with Gasteiger partial charge in [0.05, 0.1) is 53.8 Å². The second-order valence-electron chi connectivity index (χ2n) is 6.69. The number of anilines is 1. The van der Waals surface area contributed by atoms with Crippen molar-refractivity contribution < 1.29 is 38.0 Å². The first kappa shape index (κ1) is 25.4.